The molecule has 1 aliphatic rings. The molecule has 0 bridgehead atoms. The van der Waals surface area contributed by atoms with Gasteiger partial charge in [0.05, 0.1) is 24.3 Å². The molecule has 6 rings (SSSR count). The number of methoxy groups -OCH3 is 1. The van der Waals surface area contributed by atoms with Gasteiger partial charge >= 0.3 is 0 Å². The van der Waals surface area contributed by atoms with Gasteiger partial charge in [-0.05, 0) is 66.1 Å². The molecule has 216 valence electrons. The molecule has 6 heteroatoms. The summed E-state index contributed by atoms with van der Waals surface area (Å²) in [5.74, 6) is 0.456. The summed E-state index contributed by atoms with van der Waals surface area (Å²) < 4.78 is 7.50. The van der Waals surface area contributed by atoms with Crippen LogP contribution in [0.3, 0.4) is 0 Å². The maximum absolute atomic E-state index is 14.0. The number of piperazine rings is 1. The number of benzene rings is 4. The lowest BCUT2D eigenvalue weighted by Gasteiger charge is -2.36. The van der Waals surface area contributed by atoms with Gasteiger partial charge in [0.1, 0.15) is 5.75 Å². The van der Waals surface area contributed by atoms with Gasteiger partial charge in [0.2, 0.25) is 5.91 Å². The average Bonchev–Trinajstić information content (AvgIpc) is 3.42. The first-order valence-electron chi connectivity index (χ1n) is 14.7. The Morgan fingerprint density at radius 1 is 0.674 bits per heavy atom. The predicted molar refractivity (Wildman–Crippen MR) is 170 cm³/mol. The zero-order valence-electron chi connectivity index (χ0n) is 24.5. The van der Waals surface area contributed by atoms with Crippen LogP contribution in [0.25, 0.3) is 16.9 Å². The number of para-hydroxylation sites is 1. The lowest BCUT2D eigenvalue weighted by Crippen LogP contribution is -2.51. The van der Waals surface area contributed by atoms with Crippen LogP contribution in [-0.2, 0) is 4.79 Å². The number of nitrogens with zero attached hydrogens (tertiary/aromatic N) is 3. The van der Waals surface area contributed by atoms with E-state index in [4.69, 9.17) is 4.74 Å². The molecule has 1 aromatic heterocycles. The first-order valence-corrected chi connectivity index (χ1v) is 14.7. The summed E-state index contributed by atoms with van der Waals surface area (Å²) >= 11 is 0. The number of carbonyl (C=O) groups excluding carboxylic acids is 2. The Labute approximate surface area is 252 Å². The molecule has 0 unspecified atom stereocenters. The van der Waals surface area contributed by atoms with Gasteiger partial charge in [-0.2, -0.15) is 0 Å². The number of ether oxygens (including phenoxy) is 1. The van der Waals surface area contributed by atoms with Crippen LogP contribution in [0.1, 0.15) is 33.1 Å². The van der Waals surface area contributed by atoms with Crippen molar-refractivity contribution in [2.45, 2.75) is 12.8 Å². The topological polar surface area (TPSA) is 54.8 Å². The van der Waals surface area contributed by atoms with Gasteiger partial charge in [-0.1, -0.05) is 78.9 Å². The molecule has 5 aromatic rings. The second kappa shape index (κ2) is 12.4. The highest BCUT2D eigenvalue weighted by Gasteiger charge is 2.32. The van der Waals surface area contributed by atoms with Crippen LogP contribution in [0.4, 0.5) is 0 Å². The summed E-state index contributed by atoms with van der Waals surface area (Å²) in [5, 5.41) is 0. The van der Waals surface area contributed by atoms with E-state index in [-0.39, 0.29) is 17.7 Å². The molecule has 2 amide bonds. The van der Waals surface area contributed by atoms with Crippen molar-refractivity contribution in [1.29, 1.82) is 0 Å². The number of rotatable bonds is 7. The fourth-order valence-electron chi connectivity index (χ4n) is 5.96. The van der Waals surface area contributed by atoms with E-state index < -0.39 is 0 Å². The summed E-state index contributed by atoms with van der Waals surface area (Å²) in [6.45, 7) is 3.94. The van der Waals surface area contributed by atoms with Crippen LogP contribution in [0.15, 0.2) is 121 Å². The predicted octanol–water partition coefficient (Wildman–Crippen LogP) is 6.58. The molecule has 2 heterocycles. The van der Waals surface area contributed by atoms with Gasteiger partial charge in [0, 0.05) is 37.6 Å². The molecule has 1 saturated heterocycles. The van der Waals surface area contributed by atoms with E-state index in [2.05, 4.69) is 16.7 Å². The molecule has 0 aliphatic carbocycles. The average molecular weight is 570 g/mol. The van der Waals surface area contributed by atoms with E-state index in [9.17, 15) is 9.59 Å². The van der Waals surface area contributed by atoms with Crippen LogP contribution < -0.4 is 4.74 Å². The summed E-state index contributed by atoms with van der Waals surface area (Å²) in [6, 6.07) is 39.8. The van der Waals surface area contributed by atoms with E-state index in [1.165, 1.54) is 0 Å². The molecule has 1 aliphatic heterocycles. The Kier molecular flexibility index (Phi) is 8.09. The Bertz CT molecular complexity index is 1650. The third-order valence-electron chi connectivity index (χ3n) is 8.27. The second-order valence-corrected chi connectivity index (χ2v) is 10.8. The molecular weight excluding hydrogens is 534 g/mol. The molecular formula is C37H35N3O3. The standard InChI is InChI=1S/C37H35N3O3/c1-27-33(26-34(28-18-20-32(43-2)21-19-28)40(27)31-16-10-5-11-17-31)36(41)38-22-24-39(25-23-38)37(42)35(29-12-6-3-7-13-29)30-14-8-4-9-15-30/h3-21,26,35H,22-25H2,1-2H3. The summed E-state index contributed by atoms with van der Waals surface area (Å²) in [4.78, 5) is 31.7. The normalized spacial score (nSPS) is 13.3. The van der Waals surface area contributed by atoms with Crippen molar-refractivity contribution in [1.82, 2.24) is 14.4 Å². The Balaban J connectivity index is 1.24. The van der Waals surface area contributed by atoms with Crippen molar-refractivity contribution < 1.29 is 14.3 Å². The molecule has 1 fully saturated rings. The van der Waals surface area contributed by atoms with Gasteiger partial charge in [-0.25, -0.2) is 0 Å². The number of amides is 2. The van der Waals surface area contributed by atoms with Crippen molar-refractivity contribution in [2.24, 2.45) is 0 Å². The molecule has 0 N–H and O–H groups in total. The monoisotopic (exact) mass is 569 g/mol. The lowest BCUT2D eigenvalue weighted by molar-refractivity contribution is -0.133. The quantitative estimate of drug-likeness (QED) is 0.223. The highest BCUT2D eigenvalue weighted by Crippen LogP contribution is 2.32. The largest absolute Gasteiger partial charge is 0.497 e. The lowest BCUT2D eigenvalue weighted by atomic mass is 9.90. The van der Waals surface area contributed by atoms with Crippen molar-refractivity contribution >= 4 is 11.8 Å². The van der Waals surface area contributed by atoms with Gasteiger partial charge in [0.15, 0.2) is 0 Å². The SMILES string of the molecule is COc1ccc(-c2cc(C(=O)N3CCN(C(=O)C(c4ccccc4)c4ccccc4)CC3)c(C)n2-c2ccccc2)cc1. The fourth-order valence-corrected chi connectivity index (χ4v) is 5.96. The molecule has 0 radical (unpaired) electrons. The van der Waals surface area contributed by atoms with Crippen molar-refractivity contribution in [2.75, 3.05) is 33.3 Å². The van der Waals surface area contributed by atoms with Crippen LogP contribution in [0.2, 0.25) is 0 Å². The first kappa shape index (κ1) is 28.0. The smallest absolute Gasteiger partial charge is 0.255 e. The first-order chi connectivity index (χ1) is 21.0. The Hall–Kier alpha value is -5.10. The zero-order valence-corrected chi connectivity index (χ0v) is 24.5. The zero-order chi connectivity index (χ0) is 29.8. The van der Waals surface area contributed by atoms with Crippen LogP contribution >= 0.6 is 0 Å². The highest BCUT2D eigenvalue weighted by molar-refractivity contribution is 5.97. The van der Waals surface area contributed by atoms with Crippen molar-refractivity contribution in [3.8, 4) is 22.7 Å². The number of hydrogen-bond acceptors (Lipinski definition) is 3. The minimum absolute atomic E-state index is 0.0169. The minimum atomic E-state index is -0.376. The van der Waals surface area contributed by atoms with E-state index >= 15 is 0 Å². The van der Waals surface area contributed by atoms with E-state index in [1.54, 1.807) is 7.11 Å². The molecule has 4 aromatic carbocycles. The molecule has 0 atom stereocenters. The fraction of sp³-hybridized carbons (Fsp3) is 0.189. The maximum atomic E-state index is 14.0. The highest BCUT2D eigenvalue weighted by atomic mass is 16.5. The van der Waals surface area contributed by atoms with E-state index in [0.29, 0.717) is 31.7 Å². The van der Waals surface area contributed by atoms with E-state index in [1.807, 2.05) is 126 Å². The number of hydrogen-bond donors (Lipinski definition) is 0. The number of aromatic nitrogens is 1. The van der Waals surface area contributed by atoms with Gasteiger partial charge in [0.25, 0.3) is 5.91 Å². The summed E-state index contributed by atoms with van der Waals surface area (Å²) in [6.07, 6.45) is 0. The molecule has 0 spiro atoms. The van der Waals surface area contributed by atoms with E-state index in [0.717, 1.165) is 39.5 Å². The molecule has 0 saturated carbocycles. The van der Waals surface area contributed by atoms with Crippen LogP contribution in [0, 0.1) is 6.92 Å². The van der Waals surface area contributed by atoms with Gasteiger partial charge in [-0.15, -0.1) is 0 Å². The Morgan fingerprint density at radius 3 is 1.72 bits per heavy atom. The summed E-state index contributed by atoms with van der Waals surface area (Å²) in [7, 11) is 1.65. The Morgan fingerprint density at radius 2 is 1.19 bits per heavy atom. The molecule has 43 heavy (non-hydrogen) atoms. The number of carbonyl (C=O) groups is 2. The minimum Gasteiger partial charge on any atom is -0.497 e. The molecule has 6 nitrogen and oxygen atoms in total. The van der Waals surface area contributed by atoms with Crippen LogP contribution in [-0.4, -0.2) is 59.5 Å². The van der Waals surface area contributed by atoms with Crippen molar-refractivity contribution in [3.05, 3.63) is 144 Å². The van der Waals surface area contributed by atoms with Gasteiger partial charge < -0.3 is 19.1 Å². The second-order valence-electron chi connectivity index (χ2n) is 10.8. The van der Waals surface area contributed by atoms with Crippen molar-refractivity contribution in [3.63, 3.8) is 0 Å². The third-order valence-corrected chi connectivity index (χ3v) is 8.27. The van der Waals surface area contributed by atoms with Crippen LogP contribution in [0.5, 0.6) is 5.75 Å². The summed E-state index contributed by atoms with van der Waals surface area (Å²) in [5.41, 5.74) is 6.43. The maximum Gasteiger partial charge on any atom is 0.255 e. The third kappa shape index (κ3) is 5.69. The van der Waals surface area contributed by atoms with Gasteiger partial charge in [-0.3, -0.25) is 9.59 Å².